The topological polar surface area (TPSA) is 59.4 Å². The van der Waals surface area contributed by atoms with Crippen molar-refractivity contribution in [2.45, 2.75) is 6.10 Å². The van der Waals surface area contributed by atoms with Crippen molar-refractivity contribution < 1.29 is 13.9 Å². The number of aliphatic hydroxyl groups is 1. The molecule has 0 spiro atoms. The summed E-state index contributed by atoms with van der Waals surface area (Å²) < 4.78 is 18.8. The van der Waals surface area contributed by atoms with Crippen LogP contribution in [0.1, 0.15) is 17.4 Å². The highest BCUT2D eigenvalue weighted by atomic mass is 35.5. The van der Waals surface area contributed by atoms with E-state index in [1.807, 2.05) is 6.07 Å². The first-order chi connectivity index (χ1) is 9.56. The van der Waals surface area contributed by atoms with Gasteiger partial charge in [0.2, 0.25) is 0 Å². The number of para-hydroxylation sites is 1. The summed E-state index contributed by atoms with van der Waals surface area (Å²) in [5.74, 6) is -0.201. The number of nitrogen functional groups attached to an aromatic ring is 1. The van der Waals surface area contributed by atoms with Crippen molar-refractivity contribution in [3.05, 3.63) is 64.6 Å². The van der Waals surface area contributed by atoms with Gasteiger partial charge < -0.3 is 15.3 Å². The van der Waals surface area contributed by atoms with Crippen LogP contribution < -0.4 is 5.73 Å². The Kier molecular flexibility index (Phi) is 3.12. The van der Waals surface area contributed by atoms with Gasteiger partial charge in [-0.15, -0.1) is 0 Å². The molecule has 3 aromatic rings. The molecule has 3 nitrogen and oxygen atoms in total. The minimum absolute atomic E-state index is 0.264. The molecule has 20 heavy (non-hydrogen) atoms. The Labute approximate surface area is 119 Å². The fourth-order valence-electron chi connectivity index (χ4n) is 2.12. The smallest absolute Gasteiger partial charge is 0.153 e. The van der Waals surface area contributed by atoms with E-state index in [2.05, 4.69) is 0 Å². The Morgan fingerprint density at radius 3 is 2.75 bits per heavy atom. The second kappa shape index (κ2) is 4.81. The molecule has 0 fully saturated rings. The highest BCUT2D eigenvalue weighted by Gasteiger charge is 2.19. The molecule has 0 aliphatic carbocycles. The average molecular weight is 292 g/mol. The summed E-state index contributed by atoms with van der Waals surface area (Å²) in [5, 5.41) is 11.5. The molecular formula is C15H11ClFNO2. The standard InChI is InChI=1S/C15H11ClFNO2/c16-11-3-1-2-8-6-13(20-15(8)11)14(19)10-7-9(17)4-5-12(10)18/h1-7,14,19H,18H2. The summed E-state index contributed by atoms with van der Waals surface area (Å²) in [6.45, 7) is 0. The third kappa shape index (κ3) is 2.13. The van der Waals surface area contributed by atoms with Gasteiger partial charge in [0.25, 0.3) is 0 Å². The van der Waals surface area contributed by atoms with Crippen LogP contribution in [0, 0.1) is 5.82 Å². The van der Waals surface area contributed by atoms with Crippen molar-refractivity contribution in [2.24, 2.45) is 0 Å². The lowest BCUT2D eigenvalue weighted by molar-refractivity contribution is 0.192. The summed E-state index contributed by atoms with van der Waals surface area (Å²) >= 11 is 6.02. The number of nitrogens with two attached hydrogens (primary N) is 1. The van der Waals surface area contributed by atoms with Crippen molar-refractivity contribution in [2.75, 3.05) is 5.73 Å². The predicted molar refractivity (Wildman–Crippen MR) is 76.1 cm³/mol. The molecule has 2 aromatic carbocycles. The molecular weight excluding hydrogens is 281 g/mol. The predicted octanol–water partition coefficient (Wildman–Crippen LogP) is 3.89. The zero-order valence-electron chi connectivity index (χ0n) is 10.3. The van der Waals surface area contributed by atoms with Crippen molar-refractivity contribution in [1.29, 1.82) is 0 Å². The molecule has 5 heteroatoms. The number of aliphatic hydroxyl groups excluding tert-OH is 1. The van der Waals surface area contributed by atoms with Gasteiger partial charge >= 0.3 is 0 Å². The number of benzene rings is 2. The monoisotopic (exact) mass is 291 g/mol. The van der Waals surface area contributed by atoms with E-state index in [0.717, 1.165) is 5.39 Å². The zero-order valence-corrected chi connectivity index (χ0v) is 11.1. The van der Waals surface area contributed by atoms with Crippen molar-refractivity contribution in [1.82, 2.24) is 0 Å². The first-order valence-corrected chi connectivity index (χ1v) is 6.35. The third-order valence-electron chi connectivity index (χ3n) is 3.13. The Hall–Kier alpha value is -2.04. The minimum Gasteiger partial charge on any atom is -0.456 e. The van der Waals surface area contributed by atoms with Gasteiger partial charge in [0.15, 0.2) is 5.58 Å². The Balaban J connectivity index is 2.10. The van der Waals surface area contributed by atoms with Crippen LogP contribution in [0.3, 0.4) is 0 Å². The molecule has 0 aliphatic heterocycles. The van der Waals surface area contributed by atoms with E-state index in [1.165, 1.54) is 18.2 Å². The van der Waals surface area contributed by atoms with Gasteiger partial charge in [0, 0.05) is 16.6 Å². The fraction of sp³-hybridized carbons (Fsp3) is 0.0667. The molecule has 0 saturated heterocycles. The molecule has 3 N–H and O–H groups in total. The van der Waals surface area contributed by atoms with E-state index >= 15 is 0 Å². The second-order valence-corrected chi connectivity index (χ2v) is 4.89. The van der Waals surface area contributed by atoms with Crippen LogP contribution in [0.15, 0.2) is 46.9 Å². The Morgan fingerprint density at radius 2 is 2.00 bits per heavy atom. The van der Waals surface area contributed by atoms with Gasteiger partial charge in [-0.2, -0.15) is 0 Å². The van der Waals surface area contributed by atoms with Crippen LogP contribution in [0.4, 0.5) is 10.1 Å². The Bertz CT molecular complexity index is 785. The zero-order chi connectivity index (χ0) is 14.3. The van der Waals surface area contributed by atoms with Crippen molar-refractivity contribution >= 4 is 28.3 Å². The van der Waals surface area contributed by atoms with Crippen LogP contribution in [-0.4, -0.2) is 5.11 Å². The maximum absolute atomic E-state index is 13.3. The first-order valence-electron chi connectivity index (χ1n) is 5.97. The average Bonchev–Trinajstić information content (AvgIpc) is 2.86. The SMILES string of the molecule is Nc1ccc(F)cc1C(O)c1cc2cccc(Cl)c2o1. The van der Waals surface area contributed by atoms with Crippen LogP contribution in [0.5, 0.6) is 0 Å². The maximum atomic E-state index is 13.3. The number of hydrogen-bond acceptors (Lipinski definition) is 3. The highest BCUT2D eigenvalue weighted by Crippen LogP contribution is 2.33. The van der Waals surface area contributed by atoms with Crippen molar-refractivity contribution in [3.63, 3.8) is 0 Å². The fourth-order valence-corrected chi connectivity index (χ4v) is 2.34. The number of fused-ring (bicyclic) bond motifs is 1. The molecule has 0 saturated carbocycles. The van der Waals surface area contributed by atoms with Gasteiger partial charge in [0.1, 0.15) is 17.7 Å². The van der Waals surface area contributed by atoms with Crippen molar-refractivity contribution in [3.8, 4) is 0 Å². The molecule has 102 valence electrons. The molecule has 1 aromatic heterocycles. The number of hydrogen-bond donors (Lipinski definition) is 2. The maximum Gasteiger partial charge on any atom is 0.153 e. The third-order valence-corrected chi connectivity index (χ3v) is 3.43. The van der Waals surface area contributed by atoms with Crippen LogP contribution >= 0.6 is 11.6 Å². The molecule has 3 rings (SSSR count). The van der Waals surface area contributed by atoms with E-state index < -0.39 is 11.9 Å². The molecule has 1 atom stereocenters. The lowest BCUT2D eigenvalue weighted by Gasteiger charge is -2.10. The lowest BCUT2D eigenvalue weighted by Crippen LogP contribution is -2.03. The molecule has 1 heterocycles. The number of furan rings is 1. The number of halogens is 2. The van der Waals surface area contributed by atoms with Gasteiger partial charge in [-0.05, 0) is 30.3 Å². The lowest BCUT2D eigenvalue weighted by atomic mass is 10.0. The van der Waals surface area contributed by atoms with E-state index in [1.54, 1.807) is 18.2 Å². The van der Waals surface area contributed by atoms with E-state index in [4.69, 9.17) is 21.8 Å². The second-order valence-electron chi connectivity index (χ2n) is 4.48. The van der Waals surface area contributed by atoms with Gasteiger partial charge in [-0.3, -0.25) is 0 Å². The molecule has 0 amide bonds. The van der Waals surface area contributed by atoms with Crippen LogP contribution in [0.2, 0.25) is 5.02 Å². The van der Waals surface area contributed by atoms with Gasteiger partial charge in [-0.1, -0.05) is 23.7 Å². The molecule has 0 bridgehead atoms. The summed E-state index contributed by atoms with van der Waals surface area (Å²) in [6, 6.07) is 10.8. The largest absolute Gasteiger partial charge is 0.456 e. The Morgan fingerprint density at radius 1 is 1.20 bits per heavy atom. The highest BCUT2D eigenvalue weighted by molar-refractivity contribution is 6.34. The van der Waals surface area contributed by atoms with Gasteiger partial charge in [0.05, 0.1) is 5.02 Å². The minimum atomic E-state index is -1.14. The first kappa shape index (κ1) is 13.0. The summed E-state index contributed by atoms with van der Waals surface area (Å²) in [5.41, 5.74) is 6.80. The molecule has 0 radical (unpaired) electrons. The van der Waals surface area contributed by atoms with Crippen LogP contribution in [-0.2, 0) is 0 Å². The normalized spacial score (nSPS) is 12.8. The number of anilines is 1. The van der Waals surface area contributed by atoms with E-state index in [9.17, 15) is 9.50 Å². The molecule has 1 unspecified atom stereocenters. The van der Waals surface area contributed by atoms with Gasteiger partial charge in [-0.25, -0.2) is 4.39 Å². The summed E-state index contributed by atoms with van der Waals surface area (Å²) in [4.78, 5) is 0. The summed E-state index contributed by atoms with van der Waals surface area (Å²) in [7, 11) is 0. The quantitative estimate of drug-likeness (QED) is 0.704. The van der Waals surface area contributed by atoms with E-state index in [-0.39, 0.29) is 11.3 Å². The summed E-state index contributed by atoms with van der Waals surface area (Å²) in [6.07, 6.45) is -1.14. The van der Waals surface area contributed by atoms with E-state index in [0.29, 0.717) is 16.3 Å². The number of rotatable bonds is 2. The van der Waals surface area contributed by atoms with Crippen LogP contribution in [0.25, 0.3) is 11.0 Å². The molecule has 0 aliphatic rings.